The van der Waals surface area contributed by atoms with Gasteiger partial charge in [0.15, 0.2) is 28.2 Å². The number of Topliss-reactive ketones (excluding diaryl/α,β-unsaturated/α-hetero) is 2. The van der Waals surface area contributed by atoms with Gasteiger partial charge in [-0.05, 0) is 158 Å². The Kier molecular flexibility index (Phi) is 12.1. The summed E-state index contributed by atoms with van der Waals surface area (Å²) in [6, 6.07) is 18.5. The molecule has 4 atom stereocenters. The summed E-state index contributed by atoms with van der Waals surface area (Å²) in [6.45, 7) is 26.2. The fourth-order valence-electron chi connectivity index (χ4n) is 9.23. The number of carbonyl (C=O) groups excluding carboxylic acids is 2. The lowest BCUT2D eigenvalue weighted by molar-refractivity contribution is -0.125. The predicted octanol–water partition coefficient (Wildman–Crippen LogP) is 11.8. The molecule has 0 saturated heterocycles. The van der Waals surface area contributed by atoms with E-state index in [-0.39, 0.29) is 22.2 Å². The van der Waals surface area contributed by atoms with Gasteiger partial charge in [-0.25, -0.2) is 0 Å². The van der Waals surface area contributed by atoms with Crippen molar-refractivity contribution in [2.24, 2.45) is 34.0 Å². The third-order valence-electron chi connectivity index (χ3n) is 12.7. The van der Waals surface area contributed by atoms with Gasteiger partial charge in [0.2, 0.25) is 0 Å². The van der Waals surface area contributed by atoms with Crippen molar-refractivity contribution >= 4 is 40.4 Å². The first kappa shape index (κ1) is 40.4. The fourth-order valence-corrected chi connectivity index (χ4v) is 18.0. The van der Waals surface area contributed by atoms with E-state index in [1.807, 2.05) is 24.3 Å². The predicted molar refractivity (Wildman–Crippen MR) is 221 cm³/mol. The molecule has 2 bridgehead atoms. The summed E-state index contributed by atoms with van der Waals surface area (Å²) >= 11 is 0. The number of fused-ring (bicyclic) bond motifs is 2. The van der Waals surface area contributed by atoms with Crippen LogP contribution >= 0.6 is 0 Å². The van der Waals surface area contributed by atoms with Gasteiger partial charge in [-0.2, -0.15) is 0 Å². The number of ketones is 2. The van der Waals surface area contributed by atoms with Crippen molar-refractivity contribution in [3.05, 3.63) is 70.8 Å². The average molecular weight is 743 g/mol. The van der Waals surface area contributed by atoms with Gasteiger partial charge in [0, 0.05) is 11.3 Å². The summed E-state index contributed by atoms with van der Waals surface area (Å²) in [4.78, 5) is 26.3. The second-order valence-electron chi connectivity index (χ2n) is 19.1. The van der Waals surface area contributed by atoms with Gasteiger partial charge < -0.3 is 13.6 Å². The van der Waals surface area contributed by atoms with Crippen LogP contribution in [0.3, 0.4) is 0 Å². The Bertz CT molecular complexity index is 1640. The Morgan fingerprint density at radius 3 is 1.65 bits per heavy atom. The van der Waals surface area contributed by atoms with Gasteiger partial charge in [0.1, 0.15) is 11.5 Å². The number of hydrogen-bond acceptors (Lipinski definition) is 5. The van der Waals surface area contributed by atoms with Gasteiger partial charge in [-0.3, -0.25) is 9.59 Å². The Morgan fingerprint density at radius 2 is 1.21 bits per heavy atom. The fraction of sp³-hybridized carbons (Fsp3) is 0.600. The lowest BCUT2D eigenvalue weighted by Gasteiger charge is -2.37. The average Bonchev–Trinajstić information content (AvgIpc) is 3.37. The molecule has 7 heteroatoms. The minimum absolute atomic E-state index is 0.0353. The summed E-state index contributed by atoms with van der Waals surface area (Å²) in [7, 11) is -3.69. The quantitative estimate of drug-likeness (QED) is 0.110. The molecule has 0 N–H and O–H groups in total. The first-order valence-corrected chi connectivity index (χ1v) is 26.1. The maximum Gasteiger partial charge on any atom is 0.173 e. The van der Waals surface area contributed by atoms with Crippen LogP contribution in [0.4, 0.5) is 0 Å². The number of rotatable bonds is 14. The molecule has 5 nitrogen and oxygen atoms in total. The number of carbonyl (C=O) groups is 2. The molecule has 0 heterocycles. The summed E-state index contributed by atoms with van der Waals surface area (Å²) in [5, 5.41) is 0. The first-order valence-electron chi connectivity index (χ1n) is 19.9. The van der Waals surface area contributed by atoms with E-state index >= 15 is 0 Å². The minimum Gasteiger partial charge on any atom is -0.494 e. The molecule has 2 aromatic carbocycles. The highest BCUT2D eigenvalue weighted by Crippen LogP contribution is 2.65. The van der Waals surface area contributed by atoms with Crippen molar-refractivity contribution in [2.75, 3.05) is 13.2 Å². The van der Waals surface area contributed by atoms with Crippen molar-refractivity contribution < 1.29 is 23.2 Å². The van der Waals surface area contributed by atoms with E-state index in [0.717, 1.165) is 84.4 Å². The van der Waals surface area contributed by atoms with E-state index in [4.69, 9.17) is 13.6 Å². The molecule has 2 aromatic rings. The van der Waals surface area contributed by atoms with Crippen LogP contribution in [0.1, 0.15) is 98.1 Å². The molecule has 52 heavy (non-hydrogen) atoms. The minimum atomic E-state index is -1.84. The zero-order chi connectivity index (χ0) is 38.1. The third kappa shape index (κ3) is 9.13. The molecule has 3 fully saturated rings. The van der Waals surface area contributed by atoms with Crippen LogP contribution in [0.15, 0.2) is 59.7 Å². The van der Waals surface area contributed by atoms with Crippen LogP contribution in [0, 0.1) is 34.0 Å². The molecule has 0 amide bonds. The highest BCUT2D eigenvalue weighted by molar-refractivity contribution is 6.84. The highest BCUT2D eigenvalue weighted by atomic mass is 28.4. The molecule has 284 valence electrons. The van der Waals surface area contributed by atoms with Crippen LogP contribution in [0.2, 0.25) is 38.3 Å². The zero-order valence-electron chi connectivity index (χ0n) is 34.1. The van der Waals surface area contributed by atoms with Crippen LogP contribution in [0.5, 0.6) is 11.5 Å². The Hall–Kier alpha value is -2.75. The summed E-state index contributed by atoms with van der Waals surface area (Å²) in [5.74, 6) is 3.14. The SMILES string of the molecule is CC1CCC(C(C)(C)C)C(=Cc2ccc(OCCC[Si](C)(C)O[Si](C)(C)CCCOc3ccc(C=C4C(=O)C5(C)CCC4C5(C)C)cc3)cc2)C1=O. The highest BCUT2D eigenvalue weighted by Gasteiger charge is 2.63. The van der Waals surface area contributed by atoms with Crippen molar-refractivity contribution in [1.29, 1.82) is 0 Å². The third-order valence-corrected chi connectivity index (χ3v) is 20.3. The van der Waals surface area contributed by atoms with Gasteiger partial charge in [0.25, 0.3) is 0 Å². The van der Waals surface area contributed by atoms with E-state index in [1.165, 1.54) is 0 Å². The van der Waals surface area contributed by atoms with Crippen LogP contribution < -0.4 is 9.47 Å². The molecule has 0 aromatic heterocycles. The molecule has 3 aliphatic carbocycles. The van der Waals surface area contributed by atoms with Gasteiger partial charge in [-0.1, -0.05) is 72.7 Å². The molecule has 0 aliphatic heterocycles. The smallest absolute Gasteiger partial charge is 0.173 e. The first-order chi connectivity index (χ1) is 24.2. The van der Waals surface area contributed by atoms with E-state index in [1.54, 1.807) is 0 Å². The van der Waals surface area contributed by atoms with Crippen molar-refractivity contribution in [1.82, 2.24) is 0 Å². The van der Waals surface area contributed by atoms with Crippen molar-refractivity contribution in [2.45, 2.75) is 125 Å². The molecule has 4 unspecified atom stereocenters. The Balaban J connectivity index is 1.02. The summed E-state index contributed by atoms with van der Waals surface area (Å²) in [5.41, 5.74) is 4.01. The maximum atomic E-state index is 13.2. The van der Waals surface area contributed by atoms with E-state index in [2.05, 4.69) is 111 Å². The maximum absolute atomic E-state index is 13.2. The van der Waals surface area contributed by atoms with E-state index < -0.39 is 16.6 Å². The number of ether oxygens (including phenoxy) is 2. The normalized spacial score (nSPS) is 26.4. The topological polar surface area (TPSA) is 61.8 Å². The number of allylic oxidation sites excluding steroid dienone is 2. The van der Waals surface area contributed by atoms with E-state index in [9.17, 15) is 9.59 Å². The molecule has 3 saturated carbocycles. The van der Waals surface area contributed by atoms with Crippen LogP contribution in [-0.4, -0.2) is 41.4 Å². The zero-order valence-corrected chi connectivity index (χ0v) is 36.1. The van der Waals surface area contributed by atoms with Crippen LogP contribution in [-0.2, 0) is 13.7 Å². The number of benzene rings is 2. The molecular weight excluding hydrogens is 677 g/mol. The molecular formula is C45H66O5Si2. The Labute approximate surface area is 317 Å². The monoisotopic (exact) mass is 742 g/mol. The van der Waals surface area contributed by atoms with Crippen molar-refractivity contribution in [3.63, 3.8) is 0 Å². The summed E-state index contributed by atoms with van der Waals surface area (Å²) < 4.78 is 19.2. The Morgan fingerprint density at radius 1 is 0.731 bits per heavy atom. The second-order valence-corrected chi connectivity index (χ2v) is 28.0. The van der Waals surface area contributed by atoms with Crippen molar-refractivity contribution in [3.8, 4) is 11.5 Å². The summed E-state index contributed by atoms with van der Waals surface area (Å²) in [6.07, 6.45) is 10.3. The standard InChI is InChI=1S/C45H66O5Si2/c1-32-14-23-39(43(2,3)4)37(41(32)46)30-33-15-19-35(20-16-33)48-26-12-28-51(8,9)50-52(10,11)29-13-27-49-36-21-17-34(18-22-36)31-38-40-24-25-45(7,42(38)47)44(40,5)6/h15-22,30-32,39-40H,12-14,23-29H2,1-11H3. The van der Waals surface area contributed by atoms with Gasteiger partial charge in [0.05, 0.1) is 13.2 Å². The van der Waals surface area contributed by atoms with Gasteiger partial charge in [-0.15, -0.1) is 0 Å². The molecule has 3 aliphatic rings. The molecule has 5 rings (SSSR count). The second kappa shape index (κ2) is 15.5. The van der Waals surface area contributed by atoms with Gasteiger partial charge >= 0.3 is 0 Å². The molecule has 0 spiro atoms. The van der Waals surface area contributed by atoms with E-state index in [0.29, 0.717) is 36.6 Å². The largest absolute Gasteiger partial charge is 0.494 e. The molecule has 0 radical (unpaired) electrons. The van der Waals surface area contributed by atoms with Crippen LogP contribution in [0.25, 0.3) is 12.2 Å². The lowest BCUT2D eigenvalue weighted by Crippen LogP contribution is -2.44. The lowest BCUT2D eigenvalue weighted by atomic mass is 9.66. The number of hydrogen-bond donors (Lipinski definition) is 0.